The van der Waals surface area contributed by atoms with Crippen molar-refractivity contribution in [1.29, 1.82) is 0 Å². The third-order valence-corrected chi connectivity index (χ3v) is 2.77. The van der Waals surface area contributed by atoms with Gasteiger partial charge in [-0.15, -0.1) is 0 Å². The van der Waals surface area contributed by atoms with Gasteiger partial charge in [-0.1, -0.05) is 0 Å². The van der Waals surface area contributed by atoms with Crippen molar-refractivity contribution in [2.45, 2.75) is 31.4 Å². The first kappa shape index (κ1) is 10.9. The summed E-state index contributed by atoms with van der Waals surface area (Å²) in [5.41, 5.74) is -0.957. The Bertz CT molecular complexity index is 165. The van der Waals surface area contributed by atoms with Crippen molar-refractivity contribution >= 4 is 0 Å². The van der Waals surface area contributed by atoms with Crippen molar-refractivity contribution in [3.8, 4) is 0 Å². The molecule has 0 aliphatic carbocycles. The van der Waals surface area contributed by atoms with Crippen LogP contribution in [0.1, 0.15) is 19.8 Å². The van der Waals surface area contributed by atoms with Crippen LogP contribution >= 0.6 is 0 Å². The number of likely N-dealkylation sites (tertiary alicyclic amines) is 1. The summed E-state index contributed by atoms with van der Waals surface area (Å²) in [6, 6.07) is 0.0679. The van der Waals surface area contributed by atoms with Crippen LogP contribution in [0, 0.1) is 0 Å². The average molecular weight is 189 g/mol. The number of aliphatic hydroxyl groups is 3. The van der Waals surface area contributed by atoms with Crippen molar-refractivity contribution in [3.05, 3.63) is 0 Å². The number of nitrogens with zero attached hydrogens (tertiary/aromatic N) is 1. The molecule has 78 valence electrons. The molecule has 1 heterocycles. The van der Waals surface area contributed by atoms with Crippen molar-refractivity contribution in [1.82, 2.24) is 4.90 Å². The first-order valence-corrected chi connectivity index (χ1v) is 4.79. The maximum absolute atomic E-state index is 9.82. The van der Waals surface area contributed by atoms with E-state index in [1.54, 1.807) is 0 Å². The number of hydrogen-bond donors (Lipinski definition) is 3. The van der Waals surface area contributed by atoms with Gasteiger partial charge in [0.05, 0.1) is 13.2 Å². The normalized spacial score (nSPS) is 33.2. The lowest BCUT2D eigenvalue weighted by Crippen LogP contribution is -2.53. The van der Waals surface area contributed by atoms with Crippen molar-refractivity contribution < 1.29 is 15.3 Å². The minimum atomic E-state index is -0.957. The molecule has 4 nitrogen and oxygen atoms in total. The number of hydrogen-bond acceptors (Lipinski definition) is 4. The van der Waals surface area contributed by atoms with Gasteiger partial charge in [0.15, 0.2) is 0 Å². The number of piperidine rings is 1. The molecular weight excluding hydrogens is 170 g/mol. The second-order valence-electron chi connectivity index (χ2n) is 3.99. The van der Waals surface area contributed by atoms with Gasteiger partial charge < -0.3 is 15.3 Å². The zero-order valence-electron chi connectivity index (χ0n) is 8.11. The third-order valence-electron chi connectivity index (χ3n) is 2.77. The van der Waals surface area contributed by atoms with Gasteiger partial charge in [0, 0.05) is 12.6 Å². The lowest BCUT2D eigenvalue weighted by Gasteiger charge is -2.40. The van der Waals surface area contributed by atoms with Crippen molar-refractivity contribution in [3.63, 3.8) is 0 Å². The van der Waals surface area contributed by atoms with Crippen LogP contribution in [0.5, 0.6) is 0 Å². The van der Waals surface area contributed by atoms with E-state index in [0.29, 0.717) is 13.0 Å². The Morgan fingerprint density at radius 1 is 1.46 bits per heavy atom. The molecule has 0 aromatic rings. The summed E-state index contributed by atoms with van der Waals surface area (Å²) in [5, 5.41) is 27.7. The molecule has 2 atom stereocenters. The largest absolute Gasteiger partial charge is 0.395 e. The molecule has 3 N–H and O–H groups in total. The Hall–Kier alpha value is -0.160. The van der Waals surface area contributed by atoms with E-state index in [1.165, 1.54) is 0 Å². The van der Waals surface area contributed by atoms with E-state index in [0.717, 1.165) is 13.0 Å². The summed E-state index contributed by atoms with van der Waals surface area (Å²) in [4.78, 5) is 2.01. The van der Waals surface area contributed by atoms with Gasteiger partial charge in [-0.2, -0.15) is 0 Å². The topological polar surface area (TPSA) is 63.9 Å². The van der Waals surface area contributed by atoms with Crippen molar-refractivity contribution in [2.24, 2.45) is 0 Å². The zero-order valence-corrected chi connectivity index (χ0v) is 8.11. The zero-order chi connectivity index (χ0) is 9.90. The first-order chi connectivity index (χ1) is 6.11. The van der Waals surface area contributed by atoms with Crippen LogP contribution in [-0.4, -0.2) is 58.2 Å². The van der Waals surface area contributed by atoms with Crippen LogP contribution in [-0.2, 0) is 0 Å². The summed E-state index contributed by atoms with van der Waals surface area (Å²) in [5.74, 6) is 0. The predicted molar refractivity (Wildman–Crippen MR) is 49.4 cm³/mol. The summed E-state index contributed by atoms with van der Waals surface area (Å²) in [6.07, 6.45) is 1.53. The fourth-order valence-electron chi connectivity index (χ4n) is 1.77. The molecule has 1 saturated heterocycles. The highest BCUT2D eigenvalue weighted by molar-refractivity contribution is 4.88. The number of β-amino-alcohol motifs (C(OH)–C–C–N with tert-alkyl or cyclic N) is 1. The lowest BCUT2D eigenvalue weighted by atomic mass is 9.93. The molecule has 1 aliphatic rings. The van der Waals surface area contributed by atoms with Crippen LogP contribution in [0.15, 0.2) is 0 Å². The molecule has 0 spiro atoms. The fraction of sp³-hybridized carbons (Fsp3) is 1.00. The standard InChI is InChI=1S/C9H19NO3/c1-8(5-11)10-4-2-3-9(13,6-10)7-12/h8,11-13H,2-7H2,1H3. The van der Waals surface area contributed by atoms with Crippen LogP contribution in [0.2, 0.25) is 0 Å². The number of aliphatic hydroxyl groups excluding tert-OH is 2. The molecule has 0 aromatic carbocycles. The summed E-state index contributed by atoms with van der Waals surface area (Å²) < 4.78 is 0. The predicted octanol–water partition coefficient (Wildman–Crippen LogP) is -0.814. The van der Waals surface area contributed by atoms with E-state index in [1.807, 2.05) is 11.8 Å². The highest BCUT2D eigenvalue weighted by atomic mass is 16.3. The van der Waals surface area contributed by atoms with E-state index >= 15 is 0 Å². The smallest absolute Gasteiger partial charge is 0.100 e. The van der Waals surface area contributed by atoms with E-state index < -0.39 is 5.60 Å². The second-order valence-corrected chi connectivity index (χ2v) is 3.99. The van der Waals surface area contributed by atoms with E-state index in [9.17, 15) is 5.11 Å². The molecular formula is C9H19NO3. The first-order valence-electron chi connectivity index (χ1n) is 4.79. The highest BCUT2D eigenvalue weighted by Gasteiger charge is 2.33. The van der Waals surface area contributed by atoms with Crippen LogP contribution in [0.3, 0.4) is 0 Å². The fourth-order valence-corrected chi connectivity index (χ4v) is 1.77. The SMILES string of the molecule is CC(CO)N1CCCC(O)(CO)C1. The van der Waals surface area contributed by atoms with Crippen LogP contribution in [0.25, 0.3) is 0 Å². The minimum absolute atomic E-state index is 0.0679. The summed E-state index contributed by atoms with van der Waals surface area (Å²) in [7, 11) is 0. The monoisotopic (exact) mass is 189 g/mol. The third kappa shape index (κ3) is 2.64. The molecule has 1 fully saturated rings. The second kappa shape index (κ2) is 4.37. The van der Waals surface area contributed by atoms with E-state index in [-0.39, 0.29) is 19.3 Å². The van der Waals surface area contributed by atoms with Gasteiger partial charge >= 0.3 is 0 Å². The highest BCUT2D eigenvalue weighted by Crippen LogP contribution is 2.21. The average Bonchev–Trinajstić information content (AvgIpc) is 2.17. The molecule has 13 heavy (non-hydrogen) atoms. The maximum Gasteiger partial charge on any atom is 0.100 e. The number of rotatable bonds is 3. The van der Waals surface area contributed by atoms with Crippen LogP contribution in [0.4, 0.5) is 0 Å². The Balaban J connectivity index is 2.51. The Morgan fingerprint density at radius 3 is 2.69 bits per heavy atom. The molecule has 0 saturated carbocycles. The van der Waals surface area contributed by atoms with Crippen molar-refractivity contribution in [2.75, 3.05) is 26.3 Å². The summed E-state index contributed by atoms with van der Waals surface area (Å²) >= 11 is 0. The van der Waals surface area contributed by atoms with Gasteiger partial charge in [-0.25, -0.2) is 0 Å². The molecule has 2 unspecified atom stereocenters. The van der Waals surface area contributed by atoms with Crippen LogP contribution < -0.4 is 0 Å². The molecule has 0 aromatic heterocycles. The maximum atomic E-state index is 9.82. The van der Waals surface area contributed by atoms with Gasteiger partial charge in [-0.3, -0.25) is 4.90 Å². The van der Waals surface area contributed by atoms with Gasteiger partial charge in [0.2, 0.25) is 0 Å². The minimum Gasteiger partial charge on any atom is -0.395 e. The summed E-state index contributed by atoms with van der Waals surface area (Å²) in [6.45, 7) is 3.18. The molecule has 1 aliphatic heterocycles. The van der Waals surface area contributed by atoms with Gasteiger partial charge in [-0.05, 0) is 26.3 Å². The Kier molecular flexibility index (Phi) is 3.67. The van der Waals surface area contributed by atoms with Gasteiger partial charge in [0.1, 0.15) is 5.60 Å². The Morgan fingerprint density at radius 2 is 2.15 bits per heavy atom. The van der Waals surface area contributed by atoms with Gasteiger partial charge in [0.25, 0.3) is 0 Å². The van der Waals surface area contributed by atoms with E-state index in [2.05, 4.69) is 0 Å². The Labute approximate surface area is 78.8 Å². The molecule has 0 bridgehead atoms. The molecule has 0 amide bonds. The molecule has 4 heteroatoms. The lowest BCUT2D eigenvalue weighted by molar-refractivity contribution is -0.0786. The quantitative estimate of drug-likeness (QED) is 0.543. The molecule has 1 rings (SSSR count). The van der Waals surface area contributed by atoms with E-state index in [4.69, 9.17) is 10.2 Å². The molecule has 0 radical (unpaired) electrons.